The lowest BCUT2D eigenvalue weighted by Crippen LogP contribution is -2.29. The summed E-state index contributed by atoms with van der Waals surface area (Å²) in [7, 11) is 1.46. The number of amides is 1. The Balaban J connectivity index is 1.99. The van der Waals surface area contributed by atoms with Crippen LogP contribution in [0.5, 0.6) is 5.75 Å². The molecular formula is C26H21ClFNO4. The van der Waals surface area contributed by atoms with E-state index in [1.807, 2.05) is 19.9 Å². The number of carbonyl (C=O) groups excluding carboxylic acids is 2. The molecule has 1 heterocycles. The number of halogens is 2. The van der Waals surface area contributed by atoms with E-state index in [-0.39, 0.29) is 16.2 Å². The van der Waals surface area contributed by atoms with E-state index in [1.165, 1.54) is 48.4 Å². The van der Waals surface area contributed by atoms with Gasteiger partial charge in [0, 0.05) is 11.3 Å². The Morgan fingerprint density at radius 2 is 1.64 bits per heavy atom. The minimum absolute atomic E-state index is 0.138. The van der Waals surface area contributed by atoms with Gasteiger partial charge in [-0.25, -0.2) is 4.39 Å². The highest BCUT2D eigenvalue weighted by Gasteiger charge is 2.47. The maximum Gasteiger partial charge on any atom is 0.300 e. The Morgan fingerprint density at radius 1 is 1.00 bits per heavy atom. The number of aliphatic hydroxyl groups is 1. The minimum Gasteiger partial charge on any atom is -0.507 e. The number of Topliss-reactive ketones (excluding diaryl/α,β-unsaturated/α-hetero) is 1. The molecule has 0 saturated carbocycles. The van der Waals surface area contributed by atoms with Crippen LogP contribution in [0.4, 0.5) is 10.1 Å². The van der Waals surface area contributed by atoms with Crippen molar-refractivity contribution in [3.8, 4) is 5.75 Å². The lowest BCUT2D eigenvalue weighted by Gasteiger charge is -2.26. The van der Waals surface area contributed by atoms with Crippen LogP contribution in [0.15, 0.2) is 66.2 Å². The minimum atomic E-state index is -0.978. The number of hydrogen-bond acceptors (Lipinski definition) is 4. The van der Waals surface area contributed by atoms with Crippen molar-refractivity contribution in [2.75, 3.05) is 12.0 Å². The molecule has 3 aromatic rings. The van der Waals surface area contributed by atoms with Gasteiger partial charge in [0.2, 0.25) is 0 Å². The molecule has 1 saturated heterocycles. The third-order valence-electron chi connectivity index (χ3n) is 5.54. The standard InChI is InChI=1S/C26H21ClFNO4/c1-14-10-15(2)12-18(11-14)29-23(16-4-6-17(28)7-5-16)22(25(31)26(29)32)24(30)20-13-19(33-3)8-9-21(20)27/h4-13,23,30H,1-3H3/b24-22+. The van der Waals surface area contributed by atoms with Crippen molar-refractivity contribution in [2.24, 2.45) is 0 Å². The van der Waals surface area contributed by atoms with Gasteiger partial charge in [0.05, 0.1) is 23.7 Å². The third kappa shape index (κ3) is 4.10. The summed E-state index contributed by atoms with van der Waals surface area (Å²) in [4.78, 5) is 27.8. The molecule has 1 atom stereocenters. The predicted molar refractivity (Wildman–Crippen MR) is 125 cm³/mol. The molecule has 3 aromatic carbocycles. The van der Waals surface area contributed by atoms with Crippen LogP contribution >= 0.6 is 11.6 Å². The van der Waals surface area contributed by atoms with Crippen LogP contribution in [0.3, 0.4) is 0 Å². The molecule has 1 aliphatic heterocycles. The molecule has 168 valence electrons. The van der Waals surface area contributed by atoms with E-state index < -0.39 is 29.3 Å². The van der Waals surface area contributed by atoms with Crippen molar-refractivity contribution in [2.45, 2.75) is 19.9 Å². The molecule has 1 amide bonds. The predicted octanol–water partition coefficient (Wildman–Crippen LogP) is 5.73. The number of benzene rings is 3. The first-order chi connectivity index (χ1) is 15.7. The fraction of sp³-hybridized carbons (Fsp3) is 0.154. The molecule has 1 fully saturated rings. The smallest absolute Gasteiger partial charge is 0.300 e. The monoisotopic (exact) mass is 465 g/mol. The molecular weight excluding hydrogens is 445 g/mol. The Bertz CT molecular complexity index is 1280. The summed E-state index contributed by atoms with van der Waals surface area (Å²) in [6.07, 6.45) is 0. The van der Waals surface area contributed by atoms with E-state index in [9.17, 15) is 19.1 Å². The van der Waals surface area contributed by atoms with E-state index in [0.29, 0.717) is 17.0 Å². The van der Waals surface area contributed by atoms with Gasteiger partial charge in [0.15, 0.2) is 0 Å². The molecule has 0 spiro atoms. The molecule has 1 N–H and O–H groups in total. The number of ketones is 1. The molecule has 1 aliphatic rings. The Morgan fingerprint density at radius 3 is 2.24 bits per heavy atom. The van der Waals surface area contributed by atoms with E-state index in [2.05, 4.69) is 0 Å². The summed E-state index contributed by atoms with van der Waals surface area (Å²) in [6.45, 7) is 3.77. The second kappa shape index (κ2) is 8.71. The number of aryl methyl sites for hydroxylation is 2. The van der Waals surface area contributed by atoms with Gasteiger partial charge in [-0.1, -0.05) is 29.8 Å². The largest absolute Gasteiger partial charge is 0.507 e. The molecule has 0 bridgehead atoms. The Hall–Kier alpha value is -3.64. The second-order valence-electron chi connectivity index (χ2n) is 7.91. The van der Waals surface area contributed by atoms with Gasteiger partial charge in [0.25, 0.3) is 11.7 Å². The van der Waals surface area contributed by atoms with Crippen molar-refractivity contribution in [1.29, 1.82) is 0 Å². The molecule has 7 heteroatoms. The quantitative estimate of drug-likeness (QED) is 0.303. The first-order valence-corrected chi connectivity index (χ1v) is 10.6. The average molecular weight is 466 g/mol. The molecule has 33 heavy (non-hydrogen) atoms. The number of aliphatic hydroxyl groups excluding tert-OH is 1. The van der Waals surface area contributed by atoms with E-state index >= 15 is 0 Å². The van der Waals surface area contributed by atoms with Gasteiger partial charge < -0.3 is 9.84 Å². The summed E-state index contributed by atoms with van der Waals surface area (Å²) in [5.74, 6) is -2.13. The molecule has 0 aliphatic carbocycles. The van der Waals surface area contributed by atoms with Crippen LogP contribution in [-0.4, -0.2) is 23.9 Å². The van der Waals surface area contributed by atoms with Gasteiger partial charge in [-0.3, -0.25) is 14.5 Å². The normalized spacial score (nSPS) is 17.5. The van der Waals surface area contributed by atoms with Crippen LogP contribution < -0.4 is 9.64 Å². The van der Waals surface area contributed by atoms with Crippen LogP contribution in [0.2, 0.25) is 5.02 Å². The maximum atomic E-state index is 13.7. The van der Waals surface area contributed by atoms with E-state index in [1.54, 1.807) is 18.2 Å². The number of hydrogen-bond donors (Lipinski definition) is 1. The van der Waals surface area contributed by atoms with Crippen molar-refractivity contribution < 1.29 is 23.8 Å². The van der Waals surface area contributed by atoms with Gasteiger partial charge in [-0.2, -0.15) is 0 Å². The fourth-order valence-corrected chi connectivity index (χ4v) is 4.31. The highest BCUT2D eigenvalue weighted by molar-refractivity contribution is 6.52. The number of carbonyl (C=O) groups is 2. The lowest BCUT2D eigenvalue weighted by atomic mass is 9.95. The summed E-state index contributed by atoms with van der Waals surface area (Å²) in [6, 6.07) is 14.6. The van der Waals surface area contributed by atoms with E-state index in [0.717, 1.165) is 11.1 Å². The zero-order chi connectivity index (χ0) is 23.9. The lowest BCUT2D eigenvalue weighted by molar-refractivity contribution is -0.132. The van der Waals surface area contributed by atoms with E-state index in [4.69, 9.17) is 16.3 Å². The van der Waals surface area contributed by atoms with Crippen molar-refractivity contribution in [3.63, 3.8) is 0 Å². The van der Waals surface area contributed by atoms with Crippen LogP contribution in [0.25, 0.3) is 5.76 Å². The first kappa shape index (κ1) is 22.6. The fourth-order valence-electron chi connectivity index (χ4n) is 4.11. The van der Waals surface area contributed by atoms with Gasteiger partial charge in [-0.15, -0.1) is 0 Å². The second-order valence-corrected chi connectivity index (χ2v) is 8.32. The van der Waals surface area contributed by atoms with Crippen LogP contribution in [0.1, 0.15) is 28.3 Å². The number of nitrogens with zero attached hydrogens (tertiary/aromatic N) is 1. The number of anilines is 1. The van der Waals surface area contributed by atoms with Gasteiger partial charge in [-0.05, 0) is 73.0 Å². The van der Waals surface area contributed by atoms with Crippen LogP contribution in [-0.2, 0) is 9.59 Å². The summed E-state index contributed by atoms with van der Waals surface area (Å²) >= 11 is 6.31. The topological polar surface area (TPSA) is 66.8 Å². The number of methoxy groups -OCH3 is 1. The number of ether oxygens (including phenoxy) is 1. The third-order valence-corrected chi connectivity index (χ3v) is 5.87. The van der Waals surface area contributed by atoms with Crippen molar-refractivity contribution in [3.05, 3.63) is 99.3 Å². The Labute approximate surface area is 195 Å². The number of rotatable bonds is 4. The highest BCUT2D eigenvalue weighted by atomic mass is 35.5. The highest BCUT2D eigenvalue weighted by Crippen LogP contribution is 2.43. The molecule has 4 rings (SSSR count). The zero-order valence-electron chi connectivity index (χ0n) is 18.2. The summed E-state index contributed by atoms with van der Waals surface area (Å²) in [5.41, 5.74) is 2.79. The van der Waals surface area contributed by atoms with Gasteiger partial charge in [0.1, 0.15) is 17.3 Å². The van der Waals surface area contributed by atoms with Crippen molar-refractivity contribution in [1.82, 2.24) is 0 Å². The molecule has 0 aromatic heterocycles. The maximum absolute atomic E-state index is 13.7. The Kier molecular flexibility index (Phi) is 5.95. The van der Waals surface area contributed by atoms with Crippen LogP contribution in [0, 0.1) is 19.7 Å². The molecule has 1 unspecified atom stereocenters. The average Bonchev–Trinajstić information content (AvgIpc) is 3.04. The molecule has 5 nitrogen and oxygen atoms in total. The SMILES string of the molecule is COc1ccc(Cl)c(/C(O)=C2\C(=O)C(=O)N(c3cc(C)cc(C)c3)C2c2ccc(F)cc2)c1. The summed E-state index contributed by atoms with van der Waals surface area (Å²) in [5, 5.41) is 11.4. The summed E-state index contributed by atoms with van der Waals surface area (Å²) < 4.78 is 18.9. The van der Waals surface area contributed by atoms with Crippen molar-refractivity contribution >= 4 is 34.7 Å². The first-order valence-electron chi connectivity index (χ1n) is 10.2. The molecule has 0 radical (unpaired) electrons. The zero-order valence-corrected chi connectivity index (χ0v) is 19.0. The van der Waals surface area contributed by atoms with Gasteiger partial charge >= 0.3 is 0 Å².